The summed E-state index contributed by atoms with van der Waals surface area (Å²) in [5.74, 6) is 1.31. The van der Waals surface area contributed by atoms with Gasteiger partial charge in [0.25, 0.3) is 0 Å². The minimum Gasteiger partial charge on any atom is -0.454 e. The molecule has 2 unspecified atom stereocenters. The van der Waals surface area contributed by atoms with E-state index in [0.29, 0.717) is 11.8 Å². The van der Waals surface area contributed by atoms with Crippen molar-refractivity contribution in [3.8, 4) is 0 Å². The first-order valence-electron chi connectivity index (χ1n) is 24.3. The van der Waals surface area contributed by atoms with Crippen LogP contribution in [0.2, 0.25) is 0 Å². The zero-order valence-corrected chi connectivity index (χ0v) is 37.0. The summed E-state index contributed by atoms with van der Waals surface area (Å²) < 4.78 is 13.7. The smallest absolute Gasteiger partial charge is 0.159 e. The van der Waals surface area contributed by atoms with Gasteiger partial charge in [-0.3, -0.25) is 0 Å². The first-order valence-corrected chi connectivity index (χ1v) is 24.3. The quantitative estimate of drug-likeness (QED) is 0.152. The van der Waals surface area contributed by atoms with Crippen LogP contribution in [0.1, 0.15) is 51.4 Å². The highest BCUT2D eigenvalue weighted by molar-refractivity contribution is 6.11. The maximum absolute atomic E-state index is 6.87. The van der Waals surface area contributed by atoms with Crippen LogP contribution in [0.25, 0.3) is 43.9 Å². The van der Waals surface area contributed by atoms with Crippen molar-refractivity contribution in [2.24, 2.45) is 23.7 Å². The molecule has 6 aliphatic carbocycles. The zero-order valence-electron chi connectivity index (χ0n) is 37.0. The number of nitrogens with zero attached hydrogens (tertiary/aromatic N) is 2. The fourth-order valence-electron chi connectivity index (χ4n) is 12.9. The lowest BCUT2D eigenvalue weighted by molar-refractivity contribution is 0.507. The summed E-state index contributed by atoms with van der Waals surface area (Å²) >= 11 is 0. The van der Waals surface area contributed by atoms with Crippen LogP contribution in [-0.2, 0) is 0 Å². The van der Waals surface area contributed by atoms with Gasteiger partial charge in [0, 0.05) is 44.8 Å². The summed E-state index contributed by atoms with van der Waals surface area (Å²) in [4.78, 5) is 5.05. The van der Waals surface area contributed by atoms with Gasteiger partial charge in [-0.2, -0.15) is 0 Å². The molecule has 4 heteroatoms. The molecule has 2 saturated carbocycles. The Bertz CT molecular complexity index is 3500. The van der Waals surface area contributed by atoms with Gasteiger partial charge >= 0.3 is 0 Å². The van der Waals surface area contributed by atoms with Gasteiger partial charge in [-0.15, -0.1) is 0 Å². The van der Waals surface area contributed by atoms with E-state index in [4.69, 9.17) is 8.83 Å². The Morgan fingerprint density at radius 3 is 1.53 bits per heavy atom. The molecule has 0 bridgehead atoms. The highest BCUT2D eigenvalue weighted by Crippen LogP contribution is 2.60. The molecular formula is C62H50N2O2. The molecule has 2 aromatic heterocycles. The van der Waals surface area contributed by atoms with Crippen LogP contribution in [0, 0.1) is 23.7 Å². The van der Waals surface area contributed by atoms with Gasteiger partial charge in [0.05, 0.1) is 22.8 Å². The van der Waals surface area contributed by atoms with E-state index < -0.39 is 0 Å². The number of benzene rings is 6. The molecule has 14 rings (SSSR count). The minimum atomic E-state index is 0.140. The third kappa shape index (κ3) is 5.76. The average molecular weight is 855 g/mol. The summed E-state index contributed by atoms with van der Waals surface area (Å²) in [5, 5.41) is 4.57. The SMILES string of the molecule is C1=CC2=C(N(c3ccccc3)c3cccc4c3oc3ccccc34)C=C(C3CCCC3)C3=CC=C4C(N(c5ccccc5)c5cccc6c5oc5ccccc56)=CC(C5CCCC5)=C1C4C32. The highest BCUT2D eigenvalue weighted by atomic mass is 16.3. The van der Waals surface area contributed by atoms with Crippen molar-refractivity contribution >= 4 is 66.6 Å². The Morgan fingerprint density at radius 2 is 0.894 bits per heavy atom. The van der Waals surface area contributed by atoms with E-state index in [0.717, 1.165) is 66.6 Å². The number of hydrogen-bond donors (Lipinski definition) is 0. The molecule has 4 nitrogen and oxygen atoms in total. The lowest BCUT2D eigenvalue weighted by Crippen LogP contribution is -2.38. The van der Waals surface area contributed by atoms with E-state index in [1.807, 2.05) is 0 Å². The summed E-state index contributed by atoms with van der Waals surface area (Å²) in [6, 6.07) is 52.4. The van der Waals surface area contributed by atoms with E-state index in [1.54, 1.807) is 0 Å². The van der Waals surface area contributed by atoms with Crippen LogP contribution < -0.4 is 9.80 Å². The fourth-order valence-corrected chi connectivity index (χ4v) is 12.9. The summed E-state index contributed by atoms with van der Waals surface area (Å²) in [6.07, 6.45) is 25.3. The van der Waals surface area contributed by atoms with Crippen molar-refractivity contribution < 1.29 is 8.83 Å². The molecule has 0 saturated heterocycles. The molecule has 6 aliphatic rings. The molecule has 0 aliphatic heterocycles. The predicted molar refractivity (Wildman–Crippen MR) is 271 cm³/mol. The van der Waals surface area contributed by atoms with Gasteiger partial charge in [-0.25, -0.2) is 0 Å². The van der Waals surface area contributed by atoms with Crippen LogP contribution in [0.5, 0.6) is 0 Å². The molecule has 0 radical (unpaired) electrons. The van der Waals surface area contributed by atoms with E-state index in [-0.39, 0.29) is 11.8 Å². The molecule has 0 amide bonds. The summed E-state index contributed by atoms with van der Waals surface area (Å²) in [7, 11) is 0. The number of para-hydroxylation sites is 6. The van der Waals surface area contributed by atoms with Gasteiger partial charge in [0.1, 0.15) is 11.2 Å². The Balaban J connectivity index is 1.03. The second-order valence-electron chi connectivity index (χ2n) is 19.2. The lowest BCUT2D eigenvalue weighted by atomic mass is 9.59. The maximum Gasteiger partial charge on any atom is 0.159 e. The van der Waals surface area contributed by atoms with E-state index >= 15 is 0 Å². The van der Waals surface area contributed by atoms with Crippen molar-refractivity contribution in [3.63, 3.8) is 0 Å². The molecule has 2 atom stereocenters. The van der Waals surface area contributed by atoms with E-state index in [1.165, 1.54) is 96.2 Å². The van der Waals surface area contributed by atoms with Gasteiger partial charge in [0.2, 0.25) is 0 Å². The Labute approximate surface area is 385 Å². The summed E-state index contributed by atoms with van der Waals surface area (Å²) in [5.41, 5.74) is 19.4. The van der Waals surface area contributed by atoms with Crippen molar-refractivity contribution in [1.82, 2.24) is 0 Å². The first-order chi connectivity index (χ1) is 32.8. The number of anilines is 4. The number of allylic oxidation sites excluding steroid dienone is 12. The molecule has 2 fully saturated rings. The normalized spacial score (nSPS) is 20.6. The van der Waals surface area contributed by atoms with Crippen molar-refractivity contribution in [2.75, 3.05) is 9.80 Å². The van der Waals surface area contributed by atoms with Gasteiger partial charge in [0.15, 0.2) is 11.2 Å². The van der Waals surface area contributed by atoms with Crippen molar-refractivity contribution in [1.29, 1.82) is 0 Å². The maximum atomic E-state index is 6.87. The third-order valence-electron chi connectivity index (χ3n) is 15.8. The van der Waals surface area contributed by atoms with Crippen LogP contribution in [0.4, 0.5) is 22.7 Å². The average Bonchev–Trinajstić information content (AvgIpc) is 4.23. The lowest BCUT2D eigenvalue weighted by Gasteiger charge is -2.48. The predicted octanol–water partition coefficient (Wildman–Crippen LogP) is 16.9. The Hall–Kier alpha value is -7.30. The zero-order chi connectivity index (χ0) is 43.3. The monoisotopic (exact) mass is 854 g/mol. The largest absolute Gasteiger partial charge is 0.454 e. The number of rotatable bonds is 8. The highest BCUT2D eigenvalue weighted by Gasteiger charge is 2.47. The first kappa shape index (κ1) is 38.0. The standard InChI is InChI=1S/C62H50N2O2/c1-3-21-41(22-4-1)63(53-29-15-27-47-43-25-11-13-31-57(43)65-61(47)53)55-37-51(39-17-7-8-18-39)45-34-36-50-56(38-52(40-19-9-10-20-40)46-33-35-49(55)59(45)60(46)50)64(42-23-5-2-6-24-42)54-30-16-28-48-44-26-12-14-32-58(44)66-62(48)54/h1-6,11-16,21-40,59-60H,7-10,17-20H2. The second-order valence-corrected chi connectivity index (χ2v) is 19.2. The van der Waals surface area contributed by atoms with Crippen LogP contribution >= 0.6 is 0 Å². The van der Waals surface area contributed by atoms with Gasteiger partial charge in [-0.05, 0) is 132 Å². The van der Waals surface area contributed by atoms with Crippen LogP contribution in [-0.4, -0.2) is 0 Å². The number of fused-ring (bicyclic) bond motifs is 6. The fraction of sp³-hybridized carbons (Fsp3) is 0.194. The van der Waals surface area contributed by atoms with Crippen molar-refractivity contribution in [2.45, 2.75) is 51.4 Å². The molecule has 2 heterocycles. The van der Waals surface area contributed by atoms with Crippen molar-refractivity contribution in [3.05, 3.63) is 227 Å². The molecule has 0 spiro atoms. The van der Waals surface area contributed by atoms with Crippen LogP contribution in [0.3, 0.4) is 0 Å². The molecule has 8 aromatic rings. The summed E-state index contributed by atoms with van der Waals surface area (Å²) in [6.45, 7) is 0. The number of furan rings is 2. The second kappa shape index (κ2) is 15.1. The van der Waals surface area contributed by atoms with Gasteiger partial charge < -0.3 is 18.6 Å². The van der Waals surface area contributed by atoms with Crippen LogP contribution in [0.15, 0.2) is 236 Å². The molecule has 6 aromatic carbocycles. The Kier molecular flexibility index (Phi) is 8.72. The Morgan fingerprint density at radius 1 is 0.394 bits per heavy atom. The van der Waals surface area contributed by atoms with E-state index in [9.17, 15) is 0 Å². The van der Waals surface area contributed by atoms with E-state index in [2.05, 4.69) is 192 Å². The minimum absolute atomic E-state index is 0.140. The van der Waals surface area contributed by atoms with Gasteiger partial charge in [-0.1, -0.05) is 147 Å². The third-order valence-corrected chi connectivity index (χ3v) is 15.8. The molecule has 0 N–H and O–H groups in total. The number of hydrogen-bond acceptors (Lipinski definition) is 4. The molecule has 66 heavy (non-hydrogen) atoms. The molecular weight excluding hydrogens is 805 g/mol. The molecule has 320 valence electrons. The topological polar surface area (TPSA) is 32.8 Å².